The van der Waals surface area contributed by atoms with E-state index in [4.69, 9.17) is 5.73 Å². The summed E-state index contributed by atoms with van der Waals surface area (Å²) in [4.78, 5) is 13.6. The zero-order chi connectivity index (χ0) is 17.3. The van der Waals surface area contributed by atoms with Crippen LogP contribution < -0.4 is 10.5 Å². The fourth-order valence-corrected chi connectivity index (χ4v) is 3.82. The Hall–Kier alpha value is -1.15. The van der Waals surface area contributed by atoms with Gasteiger partial charge in [0.1, 0.15) is 0 Å². The highest BCUT2D eigenvalue weighted by Crippen LogP contribution is 2.20. The molecule has 0 saturated heterocycles. The van der Waals surface area contributed by atoms with Gasteiger partial charge in [0.25, 0.3) is 0 Å². The van der Waals surface area contributed by atoms with Gasteiger partial charge < -0.3 is 10.6 Å². The molecule has 1 amide bonds. The minimum Gasteiger partial charge on any atom is -0.342 e. The molecule has 1 aliphatic rings. The first-order chi connectivity index (χ1) is 10.6. The average Bonchev–Trinajstić information content (AvgIpc) is 2.66. The molecular weight excluding hydrogens is 350 g/mol. The largest absolute Gasteiger partial charge is 0.342 e. The lowest BCUT2D eigenvalue weighted by atomic mass is 10.0. The molecule has 0 aromatic heterocycles. The van der Waals surface area contributed by atoms with Crippen molar-refractivity contribution in [3.8, 4) is 0 Å². The van der Waals surface area contributed by atoms with E-state index in [9.17, 15) is 13.2 Å². The number of benzene rings is 1. The van der Waals surface area contributed by atoms with Crippen LogP contribution in [0.1, 0.15) is 31.9 Å². The molecule has 1 aromatic rings. The average molecular weight is 376 g/mol. The third-order valence-corrected chi connectivity index (χ3v) is 5.35. The Morgan fingerprint density at radius 3 is 2.38 bits per heavy atom. The Kier molecular flexibility index (Phi) is 6.81. The minimum atomic E-state index is -3.58. The summed E-state index contributed by atoms with van der Waals surface area (Å²) in [5.74, 6) is 0.0532. The van der Waals surface area contributed by atoms with Crippen molar-refractivity contribution < 1.29 is 13.2 Å². The van der Waals surface area contributed by atoms with Crippen molar-refractivity contribution in [2.75, 3.05) is 19.6 Å². The van der Waals surface area contributed by atoms with E-state index in [1.807, 2.05) is 6.07 Å². The first-order valence-corrected chi connectivity index (χ1v) is 9.23. The second kappa shape index (κ2) is 7.82. The van der Waals surface area contributed by atoms with Gasteiger partial charge in [-0.3, -0.25) is 4.79 Å². The summed E-state index contributed by atoms with van der Waals surface area (Å²) >= 11 is 0. The van der Waals surface area contributed by atoms with Crippen LogP contribution in [0, 0.1) is 0 Å². The predicted molar refractivity (Wildman–Crippen MR) is 96.8 cm³/mol. The van der Waals surface area contributed by atoms with Crippen LogP contribution in [0.5, 0.6) is 0 Å². The molecule has 0 unspecified atom stereocenters. The number of carbonyl (C=O) groups excluding carboxylic acids is 1. The van der Waals surface area contributed by atoms with E-state index < -0.39 is 15.6 Å². The van der Waals surface area contributed by atoms with Crippen LogP contribution in [0.2, 0.25) is 0 Å². The molecule has 0 bridgehead atoms. The van der Waals surface area contributed by atoms with Gasteiger partial charge in [0.2, 0.25) is 15.9 Å². The van der Waals surface area contributed by atoms with Crippen LogP contribution in [0.4, 0.5) is 0 Å². The molecule has 24 heavy (non-hydrogen) atoms. The van der Waals surface area contributed by atoms with Gasteiger partial charge in [0, 0.05) is 32.1 Å². The van der Waals surface area contributed by atoms with E-state index in [2.05, 4.69) is 4.72 Å². The molecule has 136 valence electrons. The van der Waals surface area contributed by atoms with Gasteiger partial charge in [-0.1, -0.05) is 6.07 Å². The van der Waals surface area contributed by atoms with Gasteiger partial charge in [-0.25, -0.2) is 13.1 Å². The molecule has 1 aromatic carbocycles. The molecule has 0 saturated carbocycles. The fraction of sp³-hybridized carbons (Fsp3) is 0.562. The summed E-state index contributed by atoms with van der Waals surface area (Å²) in [5.41, 5.74) is 7.31. The van der Waals surface area contributed by atoms with Crippen LogP contribution in [0.25, 0.3) is 0 Å². The SMILES string of the molecule is CC(=O)N1CCc2ccc(S(=O)(=O)NCC(C)(C)N)cc2CC1.Cl. The second-order valence-corrected chi connectivity index (χ2v) is 8.52. The third kappa shape index (κ3) is 5.44. The number of hydrogen-bond acceptors (Lipinski definition) is 4. The van der Waals surface area contributed by atoms with Crippen molar-refractivity contribution in [1.82, 2.24) is 9.62 Å². The minimum absolute atomic E-state index is 0. The maximum absolute atomic E-state index is 12.4. The number of halogens is 1. The third-order valence-electron chi connectivity index (χ3n) is 3.95. The summed E-state index contributed by atoms with van der Waals surface area (Å²) in [6.45, 7) is 6.56. The van der Waals surface area contributed by atoms with Crippen molar-refractivity contribution in [2.24, 2.45) is 5.73 Å². The smallest absolute Gasteiger partial charge is 0.240 e. The highest BCUT2D eigenvalue weighted by atomic mass is 35.5. The fourth-order valence-electron chi connectivity index (χ4n) is 2.55. The number of nitrogens with two attached hydrogens (primary N) is 1. The van der Waals surface area contributed by atoms with E-state index in [-0.39, 0.29) is 29.8 Å². The van der Waals surface area contributed by atoms with E-state index >= 15 is 0 Å². The zero-order valence-corrected chi connectivity index (χ0v) is 16.0. The monoisotopic (exact) mass is 375 g/mol. The zero-order valence-electron chi connectivity index (χ0n) is 14.3. The van der Waals surface area contributed by atoms with Crippen LogP contribution in [-0.2, 0) is 27.7 Å². The molecule has 6 nitrogen and oxygen atoms in total. The molecule has 1 heterocycles. The Balaban J connectivity index is 0.00000288. The molecule has 0 radical (unpaired) electrons. The summed E-state index contributed by atoms with van der Waals surface area (Å²) in [5, 5.41) is 0. The molecule has 1 aliphatic heterocycles. The number of sulfonamides is 1. The quantitative estimate of drug-likeness (QED) is 0.823. The molecule has 3 N–H and O–H groups in total. The number of nitrogens with zero attached hydrogens (tertiary/aromatic N) is 1. The van der Waals surface area contributed by atoms with Crippen molar-refractivity contribution in [2.45, 2.75) is 44.0 Å². The number of hydrogen-bond donors (Lipinski definition) is 2. The van der Waals surface area contributed by atoms with Crippen molar-refractivity contribution in [3.05, 3.63) is 29.3 Å². The molecule has 2 rings (SSSR count). The molecule has 0 atom stereocenters. The lowest BCUT2D eigenvalue weighted by molar-refractivity contribution is -0.128. The number of carbonyl (C=O) groups is 1. The Morgan fingerprint density at radius 2 is 1.83 bits per heavy atom. The van der Waals surface area contributed by atoms with Crippen LogP contribution in [0.15, 0.2) is 23.1 Å². The number of amides is 1. The van der Waals surface area contributed by atoms with Crippen molar-refractivity contribution in [1.29, 1.82) is 0 Å². The molecule has 8 heteroatoms. The van der Waals surface area contributed by atoms with Gasteiger partial charge in [0.15, 0.2) is 0 Å². The topological polar surface area (TPSA) is 92.5 Å². The normalized spacial score (nSPS) is 15.2. The highest BCUT2D eigenvalue weighted by Gasteiger charge is 2.21. The maximum atomic E-state index is 12.4. The van der Waals surface area contributed by atoms with E-state index in [0.29, 0.717) is 19.5 Å². The lowest BCUT2D eigenvalue weighted by Crippen LogP contribution is -2.45. The number of nitrogens with one attached hydrogen (secondary N) is 1. The van der Waals surface area contributed by atoms with E-state index in [1.54, 1.807) is 37.8 Å². The van der Waals surface area contributed by atoms with Crippen LogP contribution in [-0.4, -0.2) is 44.4 Å². The summed E-state index contributed by atoms with van der Waals surface area (Å²) in [6.07, 6.45) is 1.42. The highest BCUT2D eigenvalue weighted by molar-refractivity contribution is 7.89. The first kappa shape index (κ1) is 20.9. The lowest BCUT2D eigenvalue weighted by Gasteiger charge is -2.19. The van der Waals surface area contributed by atoms with Crippen molar-refractivity contribution in [3.63, 3.8) is 0 Å². The molecular formula is C16H26ClN3O3S. The van der Waals surface area contributed by atoms with Gasteiger partial charge in [0.05, 0.1) is 4.90 Å². The van der Waals surface area contributed by atoms with Gasteiger partial charge >= 0.3 is 0 Å². The maximum Gasteiger partial charge on any atom is 0.240 e. The van der Waals surface area contributed by atoms with Gasteiger partial charge in [-0.15, -0.1) is 12.4 Å². The molecule has 0 fully saturated rings. The summed E-state index contributed by atoms with van der Waals surface area (Å²) < 4.78 is 27.3. The van der Waals surface area contributed by atoms with Gasteiger partial charge in [-0.2, -0.15) is 0 Å². The van der Waals surface area contributed by atoms with Crippen LogP contribution >= 0.6 is 12.4 Å². The molecule has 0 spiro atoms. The Bertz CT molecular complexity index is 699. The van der Waals surface area contributed by atoms with E-state index in [0.717, 1.165) is 17.5 Å². The van der Waals surface area contributed by atoms with Gasteiger partial charge in [-0.05, 0) is 49.9 Å². The summed E-state index contributed by atoms with van der Waals surface area (Å²) in [7, 11) is -3.58. The van der Waals surface area contributed by atoms with E-state index in [1.165, 1.54) is 0 Å². The predicted octanol–water partition coefficient (Wildman–Crippen LogP) is 1.07. The Labute approximate surface area is 150 Å². The van der Waals surface area contributed by atoms with Crippen LogP contribution in [0.3, 0.4) is 0 Å². The number of rotatable bonds is 4. The standard InChI is InChI=1S/C16H25N3O3S.ClH/c1-12(20)19-8-6-13-4-5-15(10-14(13)7-9-19)23(21,22)18-11-16(2,3)17;/h4-5,10,18H,6-9,11,17H2,1-3H3;1H. The summed E-state index contributed by atoms with van der Waals surface area (Å²) in [6, 6.07) is 5.18. The van der Waals surface area contributed by atoms with Crippen molar-refractivity contribution >= 4 is 28.3 Å². The molecule has 0 aliphatic carbocycles. The Morgan fingerprint density at radius 1 is 1.25 bits per heavy atom. The number of fused-ring (bicyclic) bond motifs is 1. The second-order valence-electron chi connectivity index (χ2n) is 6.75. The first-order valence-electron chi connectivity index (χ1n) is 7.74.